The maximum atomic E-state index is 6.30. The lowest BCUT2D eigenvalue weighted by atomic mass is 10.2. The molecule has 8 nitrogen and oxygen atoms in total. The number of halogens is 1. The number of benzene rings is 1. The Bertz CT molecular complexity index is 1180. The average Bonchev–Trinajstić information content (AvgIpc) is 3.17. The molecule has 0 unspecified atom stereocenters. The number of anilines is 2. The highest BCUT2D eigenvalue weighted by molar-refractivity contribution is 6.28. The molecule has 4 heterocycles. The molecule has 152 valence electrons. The predicted octanol–water partition coefficient (Wildman–Crippen LogP) is 3.20. The van der Waals surface area contributed by atoms with Crippen LogP contribution in [0, 0.1) is 13.8 Å². The van der Waals surface area contributed by atoms with E-state index in [1.807, 2.05) is 56.4 Å². The first-order valence-electron chi connectivity index (χ1n) is 9.87. The minimum absolute atomic E-state index is 0.218. The van der Waals surface area contributed by atoms with Crippen molar-refractivity contribution in [2.45, 2.75) is 13.8 Å². The average molecular weight is 421 g/mol. The normalized spacial score (nSPS) is 14.5. The Morgan fingerprint density at radius 2 is 1.50 bits per heavy atom. The molecule has 1 aliphatic rings. The standard InChI is InChI=1S/C21H21ClN8/c1-14-12-15(2)25-21(24-14)29-10-8-28(9-11-29)18-17-13-23-30(16-6-4-3-5-7-16)19(17)27-20(22)26-18/h3-7,12-13H,8-11H2,1-2H3. The summed E-state index contributed by atoms with van der Waals surface area (Å²) in [5.41, 5.74) is 3.61. The topological polar surface area (TPSA) is 75.9 Å². The van der Waals surface area contributed by atoms with E-state index in [9.17, 15) is 0 Å². The van der Waals surface area contributed by atoms with Crippen LogP contribution >= 0.6 is 11.6 Å². The summed E-state index contributed by atoms with van der Waals surface area (Å²) in [4.78, 5) is 22.6. The van der Waals surface area contributed by atoms with E-state index in [-0.39, 0.29) is 5.28 Å². The second kappa shape index (κ2) is 7.53. The minimum Gasteiger partial charge on any atom is -0.352 e. The van der Waals surface area contributed by atoms with Gasteiger partial charge in [-0.2, -0.15) is 15.1 Å². The third-order valence-corrected chi connectivity index (χ3v) is 5.38. The van der Waals surface area contributed by atoms with Crippen molar-refractivity contribution in [3.63, 3.8) is 0 Å². The van der Waals surface area contributed by atoms with Crippen LogP contribution in [-0.2, 0) is 0 Å². The Hall–Kier alpha value is -3.26. The van der Waals surface area contributed by atoms with E-state index in [0.29, 0.717) is 5.65 Å². The van der Waals surface area contributed by atoms with Crippen LogP contribution in [0.4, 0.5) is 11.8 Å². The van der Waals surface area contributed by atoms with Crippen LogP contribution in [0.25, 0.3) is 16.7 Å². The predicted molar refractivity (Wildman–Crippen MR) is 118 cm³/mol. The molecular formula is C21H21ClN8. The Morgan fingerprint density at radius 3 is 2.20 bits per heavy atom. The maximum Gasteiger partial charge on any atom is 0.226 e. The van der Waals surface area contributed by atoms with E-state index in [1.54, 1.807) is 4.68 Å². The van der Waals surface area contributed by atoms with Gasteiger partial charge in [0.1, 0.15) is 5.82 Å². The summed E-state index contributed by atoms with van der Waals surface area (Å²) in [5.74, 6) is 1.60. The fourth-order valence-electron chi connectivity index (χ4n) is 3.83. The van der Waals surface area contributed by atoms with Crippen LogP contribution in [0.2, 0.25) is 5.28 Å². The molecular weight excluding hydrogens is 400 g/mol. The van der Waals surface area contributed by atoms with Gasteiger partial charge < -0.3 is 9.80 Å². The number of rotatable bonds is 3. The molecule has 0 amide bonds. The molecule has 9 heteroatoms. The van der Waals surface area contributed by atoms with Gasteiger partial charge in [0.25, 0.3) is 0 Å². The smallest absolute Gasteiger partial charge is 0.226 e. The van der Waals surface area contributed by atoms with Crippen LogP contribution < -0.4 is 9.80 Å². The Labute approximate surface area is 179 Å². The summed E-state index contributed by atoms with van der Waals surface area (Å²) in [6.07, 6.45) is 1.81. The molecule has 0 saturated carbocycles. The molecule has 0 atom stereocenters. The molecule has 1 aromatic carbocycles. The fraction of sp³-hybridized carbons (Fsp3) is 0.286. The van der Waals surface area contributed by atoms with Crippen LogP contribution in [0.5, 0.6) is 0 Å². The Morgan fingerprint density at radius 1 is 0.833 bits per heavy atom. The summed E-state index contributed by atoms with van der Waals surface area (Å²) in [6.45, 7) is 7.18. The van der Waals surface area contributed by atoms with E-state index in [2.05, 4.69) is 34.8 Å². The number of hydrogen-bond acceptors (Lipinski definition) is 7. The molecule has 0 N–H and O–H groups in total. The van der Waals surface area contributed by atoms with Gasteiger partial charge >= 0.3 is 0 Å². The number of fused-ring (bicyclic) bond motifs is 1. The van der Waals surface area contributed by atoms with Crippen molar-refractivity contribution in [2.75, 3.05) is 36.0 Å². The molecule has 3 aromatic heterocycles. The third-order valence-electron chi connectivity index (χ3n) is 5.21. The first-order valence-corrected chi connectivity index (χ1v) is 10.3. The molecule has 0 aliphatic carbocycles. The Balaban J connectivity index is 1.44. The van der Waals surface area contributed by atoms with Crippen molar-refractivity contribution in [2.24, 2.45) is 0 Å². The Kier molecular flexibility index (Phi) is 4.71. The second-order valence-electron chi connectivity index (χ2n) is 7.37. The van der Waals surface area contributed by atoms with Gasteiger partial charge in [0.15, 0.2) is 5.65 Å². The SMILES string of the molecule is Cc1cc(C)nc(N2CCN(c3nc(Cl)nc4c3cnn4-c3ccccc3)CC2)n1. The molecule has 0 spiro atoms. The molecule has 4 aromatic rings. The number of para-hydroxylation sites is 1. The first kappa shape index (κ1) is 18.7. The molecule has 1 fully saturated rings. The van der Waals surface area contributed by atoms with Crippen LogP contribution in [0.15, 0.2) is 42.6 Å². The lowest BCUT2D eigenvalue weighted by molar-refractivity contribution is 0.634. The third kappa shape index (κ3) is 3.43. The van der Waals surface area contributed by atoms with Crippen molar-refractivity contribution in [3.05, 3.63) is 59.3 Å². The van der Waals surface area contributed by atoms with E-state index in [4.69, 9.17) is 11.6 Å². The van der Waals surface area contributed by atoms with E-state index < -0.39 is 0 Å². The molecule has 0 radical (unpaired) electrons. The summed E-state index contributed by atoms with van der Waals surface area (Å²) in [6, 6.07) is 11.9. The van der Waals surface area contributed by atoms with E-state index in [1.165, 1.54) is 0 Å². The number of nitrogens with zero attached hydrogens (tertiary/aromatic N) is 8. The van der Waals surface area contributed by atoms with Crippen molar-refractivity contribution < 1.29 is 0 Å². The van der Waals surface area contributed by atoms with Crippen molar-refractivity contribution in [1.82, 2.24) is 29.7 Å². The van der Waals surface area contributed by atoms with Gasteiger partial charge in [0, 0.05) is 37.6 Å². The zero-order valence-electron chi connectivity index (χ0n) is 16.8. The number of piperazine rings is 1. The van der Waals surface area contributed by atoms with Gasteiger partial charge in [-0.25, -0.2) is 14.6 Å². The lowest BCUT2D eigenvalue weighted by Gasteiger charge is -2.35. The summed E-state index contributed by atoms with van der Waals surface area (Å²) in [7, 11) is 0. The highest BCUT2D eigenvalue weighted by atomic mass is 35.5. The highest BCUT2D eigenvalue weighted by Crippen LogP contribution is 2.28. The zero-order chi connectivity index (χ0) is 20.7. The van der Waals surface area contributed by atoms with Crippen LogP contribution in [-0.4, -0.2) is 55.9 Å². The first-order chi connectivity index (χ1) is 14.6. The van der Waals surface area contributed by atoms with Gasteiger partial charge in [0.2, 0.25) is 11.2 Å². The maximum absolute atomic E-state index is 6.30. The number of aryl methyl sites for hydroxylation is 2. The summed E-state index contributed by atoms with van der Waals surface area (Å²) < 4.78 is 1.80. The molecule has 1 saturated heterocycles. The van der Waals surface area contributed by atoms with Crippen LogP contribution in [0.1, 0.15) is 11.4 Å². The summed E-state index contributed by atoms with van der Waals surface area (Å²) in [5, 5.41) is 5.65. The van der Waals surface area contributed by atoms with Gasteiger partial charge in [0.05, 0.1) is 17.3 Å². The van der Waals surface area contributed by atoms with E-state index >= 15 is 0 Å². The zero-order valence-corrected chi connectivity index (χ0v) is 17.6. The van der Waals surface area contributed by atoms with Gasteiger partial charge in [-0.3, -0.25) is 0 Å². The van der Waals surface area contributed by atoms with Gasteiger partial charge in [-0.15, -0.1) is 0 Å². The quantitative estimate of drug-likeness (QED) is 0.471. The molecule has 0 bridgehead atoms. The monoisotopic (exact) mass is 420 g/mol. The van der Waals surface area contributed by atoms with E-state index in [0.717, 1.165) is 60.4 Å². The molecule has 30 heavy (non-hydrogen) atoms. The largest absolute Gasteiger partial charge is 0.352 e. The minimum atomic E-state index is 0.218. The molecule has 1 aliphatic heterocycles. The number of hydrogen-bond donors (Lipinski definition) is 0. The summed E-state index contributed by atoms with van der Waals surface area (Å²) >= 11 is 6.30. The molecule has 5 rings (SSSR count). The van der Waals surface area contributed by atoms with Crippen molar-refractivity contribution in [1.29, 1.82) is 0 Å². The van der Waals surface area contributed by atoms with Crippen LogP contribution in [0.3, 0.4) is 0 Å². The lowest BCUT2D eigenvalue weighted by Crippen LogP contribution is -2.47. The van der Waals surface area contributed by atoms with Gasteiger partial charge in [-0.05, 0) is 43.6 Å². The van der Waals surface area contributed by atoms with Crippen molar-refractivity contribution in [3.8, 4) is 5.69 Å². The fourth-order valence-corrected chi connectivity index (χ4v) is 3.99. The second-order valence-corrected chi connectivity index (χ2v) is 7.71. The highest BCUT2D eigenvalue weighted by Gasteiger charge is 2.24. The van der Waals surface area contributed by atoms with Gasteiger partial charge in [-0.1, -0.05) is 18.2 Å². The number of aromatic nitrogens is 6. The van der Waals surface area contributed by atoms with Crippen molar-refractivity contribution >= 4 is 34.4 Å².